The van der Waals surface area contributed by atoms with Gasteiger partial charge in [0.25, 0.3) is 5.91 Å². The monoisotopic (exact) mass is 380 g/mol. The molecule has 6 nitrogen and oxygen atoms in total. The van der Waals surface area contributed by atoms with E-state index in [1.54, 1.807) is 24.3 Å². The van der Waals surface area contributed by atoms with Crippen LogP contribution >= 0.6 is 0 Å². The first kappa shape index (κ1) is 20.4. The highest BCUT2D eigenvalue weighted by atomic mass is 32.2. The van der Waals surface area contributed by atoms with Crippen molar-refractivity contribution in [3.63, 3.8) is 0 Å². The summed E-state index contributed by atoms with van der Waals surface area (Å²) in [5, 5.41) is 2.66. The zero-order chi connectivity index (χ0) is 19.2. The van der Waals surface area contributed by atoms with Crippen molar-refractivity contribution < 1.29 is 18.0 Å². The second kappa shape index (κ2) is 8.66. The van der Waals surface area contributed by atoms with Gasteiger partial charge in [-0.15, -0.1) is 0 Å². The minimum absolute atomic E-state index is 0.362. The third kappa shape index (κ3) is 4.44. The number of nitrogens with one attached hydrogen (secondary N) is 1. The Morgan fingerprint density at radius 3 is 2.08 bits per heavy atom. The van der Waals surface area contributed by atoms with Gasteiger partial charge in [-0.05, 0) is 12.0 Å². The van der Waals surface area contributed by atoms with Crippen LogP contribution in [0.25, 0.3) is 0 Å². The quantitative estimate of drug-likeness (QED) is 0.497. The second-order valence-corrected chi connectivity index (χ2v) is 8.74. The minimum atomic E-state index is -3.95. The third-order valence-electron chi connectivity index (χ3n) is 4.81. The molecule has 2 rings (SSSR count). The largest absolute Gasteiger partial charge is 0.339 e. The highest BCUT2D eigenvalue weighted by Crippen LogP contribution is 2.35. The zero-order valence-corrected chi connectivity index (χ0v) is 16.3. The van der Waals surface area contributed by atoms with Crippen LogP contribution in [0.1, 0.15) is 63.9 Å². The molecular weight excluding hydrogens is 352 g/mol. The Bertz CT molecular complexity index is 733. The molecule has 1 aliphatic rings. The van der Waals surface area contributed by atoms with E-state index in [4.69, 9.17) is 0 Å². The summed E-state index contributed by atoms with van der Waals surface area (Å²) < 4.78 is 24.2. The lowest BCUT2D eigenvalue weighted by Gasteiger charge is -2.27. The average Bonchev–Trinajstić information content (AvgIpc) is 2.86. The Morgan fingerprint density at radius 2 is 1.54 bits per heavy atom. The van der Waals surface area contributed by atoms with Gasteiger partial charge in [0.05, 0.1) is 6.26 Å². The zero-order valence-electron chi connectivity index (χ0n) is 15.5. The molecular formula is C19H28N2O4S. The lowest BCUT2D eigenvalue weighted by molar-refractivity contribution is -0.128. The summed E-state index contributed by atoms with van der Waals surface area (Å²) in [6.45, 7) is 2.17. The van der Waals surface area contributed by atoms with Gasteiger partial charge in [-0.3, -0.25) is 4.79 Å². The lowest BCUT2D eigenvalue weighted by Crippen LogP contribution is -2.44. The third-order valence-corrected chi connectivity index (χ3v) is 5.80. The number of sulfonamides is 1. The molecule has 1 unspecified atom stereocenters. The molecule has 1 heterocycles. The van der Waals surface area contributed by atoms with Crippen LogP contribution in [0.5, 0.6) is 0 Å². The Hall–Kier alpha value is -1.89. The van der Waals surface area contributed by atoms with Gasteiger partial charge in [0.1, 0.15) is 5.54 Å². The molecule has 0 aromatic heterocycles. The van der Waals surface area contributed by atoms with Crippen molar-refractivity contribution in [1.29, 1.82) is 0 Å². The van der Waals surface area contributed by atoms with E-state index in [2.05, 4.69) is 12.2 Å². The first-order valence-corrected chi connectivity index (χ1v) is 11.1. The van der Waals surface area contributed by atoms with Crippen molar-refractivity contribution in [3.05, 3.63) is 35.9 Å². The van der Waals surface area contributed by atoms with Gasteiger partial charge >= 0.3 is 6.03 Å². The van der Waals surface area contributed by atoms with Crippen LogP contribution in [0.2, 0.25) is 0 Å². The topological polar surface area (TPSA) is 83.6 Å². The number of carbonyl (C=O) groups is 2. The molecule has 1 fully saturated rings. The molecule has 0 radical (unpaired) electrons. The summed E-state index contributed by atoms with van der Waals surface area (Å²) in [5.74, 6) is -0.706. The van der Waals surface area contributed by atoms with E-state index in [0.29, 0.717) is 16.3 Å². The van der Waals surface area contributed by atoms with Gasteiger partial charge in [0.15, 0.2) is 0 Å². The molecule has 144 valence electrons. The summed E-state index contributed by atoms with van der Waals surface area (Å²) in [6, 6.07) is 8.02. The van der Waals surface area contributed by atoms with E-state index in [-0.39, 0.29) is 0 Å². The van der Waals surface area contributed by atoms with Gasteiger partial charge in [-0.25, -0.2) is 13.2 Å². The van der Waals surface area contributed by atoms with Crippen molar-refractivity contribution in [2.24, 2.45) is 0 Å². The maximum absolute atomic E-state index is 13.0. The van der Waals surface area contributed by atoms with Crippen molar-refractivity contribution in [3.8, 4) is 0 Å². The minimum Gasteiger partial charge on any atom is -0.318 e. The predicted molar refractivity (Wildman–Crippen MR) is 101 cm³/mol. The van der Waals surface area contributed by atoms with Crippen LogP contribution < -0.4 is 5.32 Å². The van der Waals surface area contributed by atoms with Gasteiger partial charge in [0.2, 0.25) is 10.0 Å². The summed E-state index contributed by atoms with van der Waals surface area (Å²) in [4.78, 5) is 25.2. The van der Waals surface area contributed by atoms with Crippen molar-refractivity contribution in [1.82, 2.24) is 9.62 Å². The molecule has 3 amide bonds. The molecule has 7 heteroatoms. The Labute approximate surface area is 156 Å². The van der Waals surface area contributed by atoms with Gasteiger partial charge in [-0.2, -0.15) is 4.31 Å². The van der Waals surface area contributed by atoms with E-state index >= 15 is 0 Å². The van der Waals surface area contributed by atoms with E-state index in [1.807, 2.05) is 6.07 Å². The van der Waals surface area contributed by atoms with Gasteiger partial charge < -0.3 is 5.32 Å². The first-order valence-electron chi connectivity index (χ1n) is 9.25. The number of urea groups is 1. The lowest BCUT2D eigenvalue weighted by atomic mass is 9.84. The summed E-state index contributed by atoms with van der Waals surface area (Å²) in [6.07, 6.45) is 8.80. The fourth-order valence-corrected chi connectivity index (χ4v) is 4.24. The van der Waals surface area contributed by atoms with E-state index in [9.17, 15) is 18.0 Å². The number of imide groups is 1. The number of amides is 3. The number of nitrogens with zero attached hydrogens (tertiary/aromatic N) is 1. The highest BCUT2D eigenvalue weighted by molar-refractivity contribution is 7.89. The number of hydrogen-bond donors (Lipinski definition) is 1. The smallest absolute Gasteiger partial charge is 0.318 e. The van der Waals surface area contributed by atoms with Crippen LogP contribution in [0.4, 0.5) is 4.79 Å². The standard InChI is InChI=1S/C19H28N2O4S/c1-3-4-5-6-7-8-12-15-19(16-13-10-9-11-14-16)17(22)21(18(23)20-19)26(2,24)25/h9-11,13-14H,3-8,12,15H2,1-2H3,(H,20,23). The van der Waals surface area contributed by atoms with Crippen LogP contribution in [0.15, 0.2) is 30.3 Å². The molecule has 1 atom stereocenters. The SMILES string of the molecule is CCCCCCCCCC1(c2ccccc2)NC(=O)N(S(C)(=O)=O)C1=O. The van der Waals surface area contributed by atoms with Crippen LogP contribution in [-0.2, 0) is 20.4 Å². The summed E-state index contributed by atoms with van der Waals surface area (Å²) in [5.41, 5.74) is -0.680. The number of carbonyl (C=O) groups excluding carboxylic acids is 2. The molecule has 26 heavy (non-hydrogen) atoms. The Balaban J connectivity index is 2.15. The number of rotatable bonds is 10. The maximum Gasteiger partial charge on any atom is 0.339 e. The average molecular weight is 381 g/mol. The molecule has 0 saturated carbocycles. The van der Waals surface area contributed by atoms with Crippen molar-refractivity contribution in [2.45, 2.75) is 63.8 Å². The normalized spacial score (nSPS) is 20.5. The fraction of sp³-hybridized carbons (Fsp3) is 0.579. The van der Waals surface area contributed by atoms with E-state index < -0.39 is 27.5 Å². The van der Waals surface area contributed by atoms with Crippen LogP contribution in [-0.4, -0.2) is 30.9 Å². The maximum atomic E-state index is 13.0. The molecule has 0 spiro atoms. The molecule has 0 bridgehead atoms. The molecule has 1 saturated heterocycles. The summed E-state index contributed by atoms with van der Waals surface area (Å²) >= 11 is 0. The predicted octanol–water partition coefficient (Wildman–Crippen LogP) is 3.53. The van der Waals surface area contributed by atoms with Crippen LogP contribution in [0.3, 0.4) is 0 Å². The van der Waals surface area contributed by atoms with Crippen molar-refractivity contribution >= 4 is 22.0 Å². The molecule has 1 aliphatic heterocycles. The number of benzene rings is 1. The Kier molecular flexibility index (Phi) is 6.81. The van der Waals surface area contributed by atoms with E-state index in [1.165, 1.54) is 19.3 Å². The highest BCUT2D eigenvalue weighted by Gasteiger charge is 2.55. The van der Waals surface area contributed by atoms with Gasteiger partial charge in [0, 0.05) is 0 Å². The molecule has 0 aliphatic carbocycles. The first-order chi connectivity index (χ1) is 12.3. The van der Waals surface area contributed by atoms with E-state index in [0.717, 1.165) is 31.9 Å². The van der Waals surface area contributed by atoms with Crippen LogP contribution in [0, 0.1) is 0 Å². The molecule has 1 aromatic rings. The molecule has 1 N–H and O–H groups in total. The fourth-order valence-electron chi connectivity index (χ4n) is 3.43. The number of hydrogen-bond acceptors (Lipinski definition) is 4. The van der Waals surface area contributed by atoms with Gasteiger partial charge in [-0.1, -0.05) is 82.2 Å². The molecule has 1 aromatic carbocycles. The Morgan fingerprint density at radius 1 is 0.962 bits per heavy atom. The van der Waals surface area contributed by atoms with Crippen molar-refractivity contribution in [2.75, 3.05) is 6.26 Å². The second-order valence-electron chi connectivity index (χ2n) is 6.91. The summed E-state index contributed by atoms with van der Waals surface area (Å²) in [7, 11) is -3.95. The number of unbranched alkanes of at least 4 members (excludes halogenated alkanes) is 6.